The summed E-state index contributed by atoms with van der Waals surface area (Å²) in [6.45, 7) is 6.04. The number of thiazole rings is 1. The molecule has 2 N–H and O–H groups in total. The van der Waals surface area contributed by atoms with Crippen molar-refractivity contribution >= 4 is 33.4 Å². The highest BCUT2D eigenvalue weighted by Crippen LogP contribution is 2.25. The van der Waals surface area contributed by atoms with Crippen LogP contribution in [0.2, 0.25) is 0 Å². The lowest BCUT2D eigenvalue weighted by molar-refractivity contribution is -0.117. The van der Waals surface area contributed by atoms with Crippen LogP contribution in [0.5, 0.6) is 0 Å². The molecule has 3 heterocycles. The van der Waals surface area contributed by atoms with Crippen LogP contribution >= 0.6 is 11.3 Å². The molecule has 8 heteroatoms. The Hall–Kier alpha value is -2.45. The Balaban J connectivity index is 1.35. The van der Waals surface area contributed by atoms with Gasteiger partial charge in [-0.25, -0.2) is 9.78 Å². The molecule has 0 spiro atoms. The van der Waals surface area contributed by atoms with Gasteiger partial charge in [0.1, 0.15) is 0 Å². The molecule has 3 aromatic rings. The summed E-state index contributed by atoms with van der Waals surface area (Å²) in [6, 6.07) is 7.95. The number of aryl methyl sites for hydroxylation is 2. The van der Waals surface area contributed by atoms with E-state index in [2.05, 4.69) is 27.1 Å². The number of imidazole rings is 1. The summed E-state index contributed by atoms with van der Waals surface area (Å²) in [5, 5.41) is 3.60. The number of nitrogens with one attached hydrogen (secondary N) is 2. The summed E-state index contributed by atoms with van der Waals surface area (Å²) in [7, 11) is 0. The number of fused-ring (bicyclic) bond motifs is 1. The third kappa shape index (κ3) is 3.74. The van der Waals surface area contributed by atoms with Crippen LogP contribution in [0.25, 0.3) is 11.0 Å². The SMILES string of the molecule is CCc1nc(NC(=O)CN2CCC(n3c(=O)[nH]c4ccccc43)CC2)sc1C. The van der Waals surface area contributed by atoms with Crippen molar-refractivity contribution < 1.29 is 4.79 Å². The number of benzene rings is 1. The Kier molecular flexibility index (Phi) is 5.32. The number of carbonyl (C=O) groups is 1. The Morgan fingerprint density at radius 3 is 2.79 bits per heavy atom. The van der Waals surface area contributed by atoms with Crippen molar-refractivity contribution in [3.05, 3.63) is 45.3 Å². The molecule has 1 amide bonds. The monoisotopic (exact) mass is 399 g/mol. The van der Waals surface area contributed by atoms with Gasteiger partial charge in [-0.3, -0.25) is 14.3 Å². The van der Waals surface area contributed by atoms with E-state index in [1.807, 2.05) is 35.8 Å². The van der Waals surface area contributed by atoms with E-state index in [9.17, 15) is 9.59 Å². The highest BCUT2D eigenvalue weighted by molar-refractivity contribution is 7.15. The standard InChI is InChI=1S/C20H25N5O2S/c1-3-15-13(2)28-19(21-15)23-18(26)12-24-10-8-14(9-11-24)25-17-7-5-4-6-16(17)22-20(25)27/h4-7,14H,3,8-12H2,1-2H3,(H,22,27)(H,21,23,26). The van der Waals surface area contributed by atoms with Crippen molar-refractivity contribution in [1.29, 1.82) is 0 Å². The van der Waals surface area contributed by atoms with Gasteiger partial charge in [-0.1, -0.05) is 19.1 Å². The molecule has 1 aliphatic heterocycles. The highest BCUT2D eigenvalue weighted by atomic mass is 32.1. The summed E-state index contributed by atoms with van der Waals surface area (Å²) in [4.78, 5) is 35.5. The lowest BCUT2D eigenvalue weighted by Crippen LogP contribution is -2.40. The van der Waals surface area contributed by atoms with Gasteiger partial charge >= 0.3 is 5.69 Å². The number of nitrogens with zero attached hydrogens (tertiary/aromatic N) is 3. The Bertz CT molecular complexity index is 1040. The normalized spacial score (nSPS) is 15.9. The van der Waals surface area contributed by atoms with Gasteiger partial charge in [0.25, 0.3) is 0 Å². The Morgan fingerprint density at radius 2 is 2.07 bits per heavy atom. The quantitative estimate of drug-likeness (QED) is 0.691. The molecule has 7 nitrogen and oxygen atoms in total. The lowest BCUT2D eigenvalue weighted by Gasteiger charge is -2.31. The number of likely N-dealkylation sites (tertiary alicyclic amines) is 1. The molecule has 4 rings (SSSR count). The molecule has 1 saturated heterocycles. The second-order valence-corrected chi connectivity index (χ2v) is 8.45. The summed E-state index contributed by atoms with van der Waals surface area (Å²) in [6.07, 6.45) is 2.58. The maximum absolute atomic E-state index is 12.4. The van der Waals surface area contributed by atoms with Crippen LogP contribution in [-0.4, -0.2) is 45.0 Å². The molecule has 1 fully saturated rings. The van der Waals surface area contributed by atoms with E-state index in [1.165, 1.54) is 11.3 Å². The smallest absolute Gasteiger partial charge is 0.306 e. The van der Waals surface area contributed by atoms with Crippen LogP contribution in [0.15, 0.2) is 29.1 Å². The third-order valence-electron chi connectivity index (χ3n) is 5.39. The van der Waals surface area contributed by atoms with Gasteiger partial charge in [-0.2, -0.15) is 0 Å². The number of aromatic amines is 1. The van der Waals surface area contributed by atoms with E-state index >= 15 is 0 Å². The fourth-order valence-corrected chi connectivity index (χ4v) is 4.86. The van der Waals surface area contributed by atoms with Crippen LogP contribution in [0, 0.1) is 6.92 Å². The number of anilines is 1. The van der Waals surface area contributed by atoms with Crippen molar-refractivity contribution in [3.63, 3.8) is 0 Å². The first kappa shape index (κ1) is 18.9. The summed E-state index contributed by atoms with van der Waals surface area (Å²) < 4.78 is 1.87. The third-order valence-corrected chi connectivity index (χ3v) is 6.32. The largest absolute Gasteiger partial charge is 0.326 e. The Morgan fingerprint density at radius 1 is 1.32 bits per heavy atom. The van der Waals surface area contributed by atoms with Gasteiger partial charge in [0.2, 0.25) is 5.91 Å². The molecule has 0 unspecified atom stereocenters. The number of hydrogen-bond donors (Lipinski definition) is 2. The number of amides is 1. The summed E-state index contributed by atoms with van der Waals surface area (Å²) in [5.41, 5.74) is 2.82. The number of piperidine rings is 1. The van der Waals surface area contributed by atoms with E-state index in [-0.39, 0.29) is 17.6 Å². The minimum Gasteiger partial charge on any atom is -0.306 e. The van der Waals surface area contributed by atoms with Crippen molar-refractivity contribution in [2.75, 3.05) is 25.0 Å². The fourth-order valence-electron chi connectivity index (χ4n) is 3.94. The van der Waals surface area contributed by atoms with Gasteiger partial charge in [0.15, 0.2) is 5.13 Å². The number of hydrogen-bond acceptors (Lipinski definition) is 5. The molecule has 0 atom stereocenters. The topological polar surface area (TPSA) is 83.0 Å². The van der Waals surface area contributed by atoms with E-state index in [0.717, 1.165) is 54.0 Å². The van der Waals surface area contributed by atoms with Crippen molar-refractivity contribution in [1.82, 2.24) is 19.4 Å². The fraction of sp³-hybridized carbons (Fsp3) is 0.450. The first-order valence-electron chi connectivity index (χ1n) is 9.73. The molecular weight excluding hydrogens is 374 g/mol. The van der Waals surface area contributed by atoms with Gasteiger partial charge in [-0.05, 0) is 38.3 Å². The summed E-state index contributed by atoms with van der Waals surface area (Å²) >= 11 is 1.53. The molecule has 148 valence electrons. The van der Waals surface area contributed by atoms with Gasteiger partial charge < -0.3 is 10.3 Å². The molecule has 0 saturated carbocycles. The maximum Gasteiger partial charge on any atom is 0.326 e. The molecular formula is C20H25N5O2S. The second kappa shape index (κ2) is 7.89. The first-order chi connectivity index (χ1) is 13.5. The average molecular weight is 400 g/mol. The van der Waals surface area contributed by atoms with Crippen molar-refractivity contribution in [2.45, 2.75) is 39.2 Å². The molecule has 1 aliphatic rings. The van der Waals surface area contributed by atoms with Gasteiger partial charge in [-0.15, -0.1) is 11.3 Å². The van der Waals surface area contributed by atoms with E-state index in [0.29, 0.717) is 11.7 Å². The zero-order valence-corrected chi connectivity index (χ0v) is 17.0. The number of aromatic nitrogens is 3. The number of para-hydroxylation sites is 2. The molecule has 2 aromatic heterocycles. The van der Waals surface area contributed by atoms with E-state index in [1.54, 1.807) is 0 Å². The highest BCUT2D eigenvalue weighted by Gasteiger charge is 2.24. The van der Waals surface area contributed by atoms with Crippen molar-refractivity contribution in [2.24, 2.45) is 0 Å². The van der Waals surface area contributed by atoms with Crippen LogP contribution in [0.4, 0.5) is 5.13 Å². The minimum atomic E-state index is -0.0525. The molecule has 0 radical (unpaired) electrons. The zero-order valence-electron chi connectivity index (χ0n) is 16.2. The second-order valence-electron chi connectivity index (χ2n) is 7.25. The average Bonchev–Trinajstić information content (AvgIpc) is 3.20. The van der Waals surface area contributed by atoms with Gasteiger partial charge in [0, 0.05) is 24.0 Å². The van der Waals surface area contributed by atoms with Crippen LogP contribution < -0.4 is 11.0 Å². The van der Waals surface area contributed by atoms with Crippen LogP contribution in [-0.2, 0) is 11.2 Å². The van der Waals surface area contributed by atoms with Crippen LogP contribution in [0.1, 0.15) is 36.4 Å². The zero-order chi connectivity index (χ0) is 19.7. The number of H-pyrrole nitrogens is 1. The molecule has 0 aliphatic carbocycles. The van der Waals surface area contributed by atoms with Crippen molar-refractivity contribution in [3.8, 4) is 0 Å². The van der Waals surface area contributed by atoms with E-state index in [4.69, 9.17) is 0 Å². The Labute approximate surface area is 167 Å². The van der Waals surface area contributed by atoms with E-state index < -0.39 is 0 Å². The molecule has 0 bridgehead atoms. The predicted octanol–water partition coefficient (Wildman–Crippen LogP) is 2.93. The number of rotatable bonds is 5. The molecule has 28 heavy (non-hydrogen) atoms. The minimum absolute atomic E-state index is 0.0286. The lowest BCUT2D eigenvalue weighted by atomic mass is 10.0. The predicted molar refractivity (Wildman–Crippen MR) is 112 cm³/mol. The first-order valence-corrected chi connectivity index (χ1v) is 10.5. The van der Waals surface area contributed by atoms with Crippen LogP contribution in [0.3, 0.4) is 0 Å². The summed E-state index contributed by atoms with van der Waals surface area (Å²) in [5.74, 6) is -0.0286. The van der Waals surface area contributed by atoms with Gasteiger partial charge in [0.05, 0.1) is 23.3 Å². The number of carbonyl (C=O) groups excluding carboxylic acids is 1. The molecule has 1 aromatic carbocycles. The maximum atomic E-state index is 12.4.